The smallest absolute Gasteiger partial charge is 0.308 e. The van der Waals surface area contributed by atoms with E-state index in [1.54, 1.807) is 12.1 Å². The highest BCUT2D eigenvalue weighted by Crippen LogP contribution is 2.34. The van der Waals surface area contributed by atoms with Crippen molar-refractivity contribution in [3.63, 3.8) is 0 Å². The van der Waals surface area contributed by atoms with Gasteiger partial charge in [-0.3, -0.25) is 4.90 Å². The quantitative estimate of drug-likeness (QED) is 0.227. The van der Waals surface area contributed by atoms with Crippen LogP contribution in [0.15, 0.2) is 36.4 Å². The number of unbranched alkanes of at least 4 members (excludes halogenated alkanes) is 1. The average Bonchev–Trinajstić information content (AvgIpc) is 2.80. The molecule has 2 aromatic carbocycles. The van der Waals surface area contributed by atoms with Gasteiger partial charge in [-0.15, -0.1) is 0 Å². The summed E-state index contributed by atoms with van der Waals surface area (Å²) in [5.74, 6) is -0.0568. The summed E-state index contributed by atoms with van der Waals surface area (Å²) in [5.41, 5.74) is 5.02. The number of halogens is 4. The number of nitrogens with one attached hydrogen (secondary N) is 1. The third-order valence-corrected chi connectivity index (χ3v) is 6.61. The van der Waals surface area contributed by atoms with Gasteiger partial charge in [-0.1, -0.05) is 45.4 Å². The first kappa shape index (κ1) is 28.0. The van der Waals surface area contributed by atoms with Gasteiger partial charge in [0.05, 0.1) is 6.42 Å². The molecular weight excluding hydrogens is 440 g/mol. The molecule has 6 heteroatoms. The van der Waals surface area contributed by atoms with Gasteiger partial charge in [0.25, 0.3) is 0 Å². The number of hydrogen-bond donors (Lipinski definition) is 1. The molecule has 0 amide bonds. The van der Waals surface area contributed by atoms with E-state index in [0.717, 1.165) is 53.5 Å². The van der Waals surface area contributed by atoms with E-state index in [9.17, 15) is 17.6 Å². The summed E-state index contributed by atoms with van der Waals surface area (Å²) in [7, 11) is 0. The summed E-state index contributed by atoms with van der Waals surface area (Å²) in [4.78, 5) is 1.96. The molecule has 0 saturated heterocycles. The normalized spacial score (nSPS) is 13.8. The van der Waals surface area contributed by atoms with Gasteiger partial charge in [-0.2, -0.15) is 13.2 Å². The predicted molar refractivity (Wildman–Crippen MR) is 132 cm³/mol. The number of rotatable bonds is 13. The molecule has 34 heavy (non-hydrogen) atoms. The van der Waals surface area contributed by atoms with Crippen molar-refractivity contribution in [1.29, 1.82) is 5.41 Å². The Hall–Kier alpha value is -2.21. The van der Waals surface area contributed by atoms with Crippen LogP contribution in [0.25, 0.3) is 0 Å². The first-order valence-corrected chi connectivity index (χ1v) is 12.3. The molecule has 2 unspecified atom stereocenters. The van der Waals surface area contributed by atoms with Crippen molar-refractivity contribution < 1.29 is 17.6 Å². The van der Waals surface area contributed by atoms with Gasteiger partial charge in [-0.25, -0.2) is 4.39 Å². The fraction of sp³-hybridized carbons (Fsp3) is 0.536. The van der Waals surface area contributed by atoms with Gasteiger partial charge in [0.15, 0.2) is 0 Å². The Morgan fingerprint density at radius 1 is 1.03 bits per heavy atom. The van der Waals surface area contributed by atoms with Gasteiger partial charge in [0.1, 0.15) is 5.82 Å². The van der Waals surface area contributed by atoms with Crippen LogP contribution in [0.5, 0.6) is 0 Å². The second kappa shape index (κ2) is 13.0. The second-order valence-electron chi connectivity index (χ2n) is 9.23. The van der Waals surface area contributed by atoms with Crippen LogP contribution in [0, 0.1) is 18.2 Å². The van der Waals surface area contributed by atoms with Crippen molar-refractivity contribution in [3.05, 3.63) is 70.0 Å². The van der Waals surface area contributed by atoms with Crippen LogP contribution in [-0.4, -0.2) is 30.4 Å². The lowest BCUT2D eigenvalue weighted by atomic mass is 9.86. The van der Waals surface area contributed by atoms with Gasteiger partial charge in [-0.05, 0) is 91.1 Å². The second-order valence-corrected chi connectivity index (χ2v) is 9.23. The van der Waals surface area contributed by atoms with E-state index in [2.05, 4.69) is 13.0 Å². The van der Waals surface area contributed by atoms with Crippen molar-refractivity contribution in [3.8, 4) is 0 Å². The lowest BCUT2D eigenvalue weighted by Gasteiger charge is -2.33. The maximum absolute atomic E-state index is 13.2. The molecule has 0 aliphatic rings. The zero-order valence-corrected chi connectivity index (χ0v) is 20.8. The summed E-state index contributed by atoms with van der Waals surface area (Å²) >= 11 is 0. The first-order valence-electron chi connectivity index (χ1n) is 12.3. The summed E-state index contributed by atoms with van der Waals surface area (Å²) < 4.78 is 52.1. The van der Waals surface area contributed by atoms with Crippen molar-refractivity contribution in [2.75, 3.05) is 13.1 Å². The maximum atomic E-state index is 13.2. The molecule has 1 N–H and O–H groups in total. The molecular formula is C28H38F4N2. The minimum Gasteiger partial charge on any atom is -0.308 e. The maximum Gasteiger partial charge on any atom is 0.390 e. The minimum atomic E-state index is -4.18. The Balaban J connectivity index is 2.28. The lowest BCUT2D eigenvalue weighted by Crippen LogP contribution is -2.33. The summed E-state index contributed by atoms with van der Waals surface area (Å²) in [5, 5.41) is 8.01. The van der Waals surface area contributed by atoms with Crippen LogP contribution >= 0.6 is 0 Å². The third-order valence-electron chi connectivity index (χ3n) is 6.61. The molecule has 0 aliphatic carbocycles. The molecule has 188 valence electrons. The van der Waals surface area contributed by atoms with E-state index >= 15 is 0 Å². The average molecular weight is 479 g/mol. The van der Waals surface area contributed by atoms with E-state index in [0.29, 0.717) is 13.0 Å². The van der Waals surface area contributed by atoms with E-state index in [4.69, 9.17) is 5.41 Å². The molecule has 0 bridgehead atoms. The van der Waals surface area contributed by atoms with Crippen LogP contribution in [0.1, 0.15) is 92.7 Å². The molecule has 0 saturated carbocycles. The van der Waals surface area contributed by atoms with Crippen LogP contribution in [0.2, 0.25) is 0 Å². The number of aryl methyl sites for hydroxylation is 2. The molecule has 0 aliphatic heterocycles. The highest BCUT2D eigenvalue weighted by molar-refractivity contribution is 5.80. The number of alkyl halides is 3. The van der Waals surface area contributed by atoms with Crippen molar-refractivity contribution in [2.45, 2.75) is 84.4 Å². The molecule has 2 aromatic rings. The predicted octanol–water partition coefficient (Wildman–Crippen LogP) is 8.37. The fourth-order valence-electron chi connectivity index (χ4n) is 4.60. The summed E-state index contributed by atoms with van der Waals surface area (Å²) in [6.07, 6.45) is 0.502. The van der Waals surface area contributed by atoms with E-state index in [1.807, 2.05) is 31.7 Å². The highest BCUT2D eigenvalue weighted by atomic mass is 19.4. The van der Waals surface area contributed by atoms with Crippen LogP contribution in [0.4, 0.5) is 17.6 Å². The monoisotopic (exact) mass is 478 g/mol. The first-order chi connectivity index (χ1) is 16.1. The summed E-state index contributed by atoms with van der Waals surface area (Å²) in [6.45, 7) is 8.81. The Bertz CT molecular complexity index is 906. The zero-order valence-electron chi connectivity index (χ0n) is 20.8. The number of benzene rings is 2. The van der Waals surface area contributed by atoms with Crippen molar-refractivity contribution in [2.24, 2.45) is 0 Å². The number of nitrogens with zero attached hydrogens (tertiary/aromatic N) is 1. The fourth-order valence-corrected chi connectivity index (χ4v) is 4.60. The molecule has 0 aromatic heterocycles. The third kappa shape index (κ3) is 8.23. The van der Waals surface area contributed by atoms with Crippen molar-refractivity contribution >= 4 is 6.21 Å². The molecule has 0 radical (unpaired) electrons. The molecule has 2 nitrogen and oxygen atoms in total. The van der Waals surface area contributed by atoms with Gasteiger partial charge < -0.3 is 5.41 Å². The summed E-state index contributed by atoms with van der Waals surface area (Å²) in [6, 6.07) is 10.5. The van der Waals surface area contributed by atoms with Crippen LogP contribution in [0.3, 0.4) is 0 Å². The van der Waals surface area contributed by atoms with Gasteiger partial charge >= 0.3 is 6.18 Å². The topological polar surface area (TPSA) is 27.1 Å². The molecule has 2 rings (SSSR count). The Labute approximate surface area is 201 Å². The van der Waals surface area contributed by atoms with Crippen LogP contribution < -0.4 is 0 Å². The minimum absolute atomic E-state index is 0.0167. The van der Waals surface area contributed by atoms with E-state index < -0.39 is 12.6 Å². The van der Waals surface area contributed by atoms with Crippen LogP contribution in [-0.2, 0) is 6.42 Å². The molecule has 0 heterocycles. The van der Waals surface area contributed by atoms with E-state index in [1.165, 1.54) is 18.3 Å². The Morgan fingerprint density at radius 3 is 2.26 bits per heavy atom. The van der Waals surface area contributed by atoms with E-state index in [-0.39, 0.29) is 24.3 Å². The Kier molecular flexibility index (Phi) is 10.7. The Morgan fingerprint density at radius 2 is 1.71 bits per heavy atom. The lowest BCUT2D eigenvalue weighted by molar-refractivity contribution is -0.139. The standard InChI is InChI=1S/C28H38F4N2/c1-5-7-15-34(16-14-28(30,31)32)27(6-2)26-18-23(19-33)25(17-21(26)4)20(3)8-9-22-10-12-24(29)13-11-22/h10-13,17-20,27,33H,5-9,14-16H2,1-4H3. The molecule has 2 atom stereocenters. The molecule has 0 spiro atoms. The zero-order chi connectivity index (χ0) is 25.3. The highest BCUT2D eigenvalue weighted by Gasteiger charge is 2.30. The molecule has 0 fully saturated rings. The SMILES string of the molecule is CCCCN(CCC(F)(F)F)C(CC)c1cc(C=N)c(C(C)CCc2ccc(F)cc2)cc1C. The van der Waals surface area contributed by atoms with Gasteiger partial charge in [0.2, 0.25) is 0 Å². The van der Waals surface area contributed by atoms with Gasteiger partial charge in [0, 0.05) is 18.8 Å². The number of hydrogen-bond acceptors (Lipinski definition) is 2. The largest absolute Gasteiger partial charge is 0.390 e. The van der Waals surface area contributed by atoms with Crippen molar-refractivity contribution in [1.82, 2.24) is 4.90 Å².